The van der Waals surface area contributed by atoms with Gasteiger partial charge in [0, 0.05) is 19.6 Å². The molecule has 7 heteroatoms. The number of ether oxygens (including phenoxy) is 1. The number of carboxylic acids is 1. The van der Waals surface area contributed by atoms with Gasteiger partial charge < -0.3 is 20.1 Å². The Labute approximate surface area is 97.8 Å². The Morgan fingerprint density at radius 1 is 1.71 bits per heavy atom. The molecule has 1 aromatic heterocycles. The van der Waals surface area contributed by atoms with Gasteiger partial charge in [0.25, 0.3) is 5.56 Å². The fourth-order valence-corrected chi connectivity index (χ4v) is 1.27. The van der Waals surface area contributed by atoms with Gasteiger partial charge in [0.1, 0.15) is 17.7 Å². The van der Waals surface area contributed by atoms with Crippen molar-refractivity contribution in [3.8, 4) is 0 Å². The molecule has 1 rings (SSSR count). The second-order valence-electron chi connectivity index (χ2n) is 3.42. The van der Waals surface area contributed by atoms with E-state index in [9.17, 15) is 9.59 Å². The van der Waals surface area contributed by atoms with E-state index in [4.69, 9.17) is 9.84 Å². The van der Waals surface area contributed by atoms with Crippen LogP contribution in [0.25, 0.3) is 0 Å². The number of rotatable bonds is 6. The zero-order valence-corrected chi connectivity index (χ0v) is 9.69. The second kappa shape index (κ2) is 6.00. The molecule has 1 unspecified atom stereocenters. The normalized spacial score (nSPS) is 12.1. The number of nitrogens with one attached hydrogen (secondary N) is 2. The van der Waals surface area contributed by atoms with E-state index in [-0.39, 0.29) is 18.0 Å². The average Bonchev–Trinajstić information content (AvgIpc) is 2.27. The van der Waals surface area contributed by atoms with Gasteiger partial charge in [0.05, 0.1) is 6.61 Å². The number of aryl methyl sites for hydroxylation is 1. The van der Waals surface area contributed by atoms with Crippen molar-refractivity contribution < 1.29 is 14.6 Å². The van der Waals surface area contributed by atoms with Gasteiger partial charge in [-0.1, -0.05) is 6.92 Å². The molecule has 0 amide bonds. The van der Waals surface area contributed by atoms with Crippen LogP contribution >= 0.6 is 0 Å². The molecule has 0 radical (unpaired) electrons. The lowest BCUT2D eigenvalue weighted by atomic mass is 10.3. The highest BCUT2D eigenvalue weighted by atomic mass is 16.5. The molecule has 0 bridgehead atoms. The molecule has 1 heterocycles. The number of aliphatic carboxylic acids is 1. The largest absolute Gasteiger partial charge is 0.480 e. The first kappa shape index (κ1) is 13.2. The van der Waals surface area contributed by atoms with Crippen molar-refractivity contribution in [3.05, 3.63) is 22.2 Å². The SMILES string of the molecule is CCc1nc(NC(COC)C(=O)O)cc(=O)[nH]1. The summed E-state index contributed by atoms with van der Waals surface area (Å²) in [6.45, 7) is 1.83. The molecule has 0 saturated heterocycles. The van der Waals surface area contributed by atoms with Crippen molar-refractivity contribution in [1.82, 2.24) is 9.97 Å². The van der Waals surface area contributed by atoms with Crippen LogP contribution in [-0.4, -0.2) is 40.8 Å². The summed E-state index contributed by atoms with van der Waals surface area (Å²) < 4.78 is 4.77. The zero-order valence-electron chi connectivity index (χ0n) is 9.69. The summed E-state index contributed by atoms with van der Waals surface area (Å²) in [5, 5.41) is 11.5. The van der Waals surface area contributed by atoms with Crippen LogP contribution in [0, 0.1) is 0 Å². The molecule has 7 nitrogen and oxygen atoms in total. The van der Waals surface area contributed by atoms with Crippen LogP contribution in [0.5, 0.6) is 0 Å². The number of methoxy groups -OCH3 is 1. The van der Waals surface area contributed by atoms with E-state index in [1.165, 1.54) is 13.2 Å². The van der Waals surface area contributed by atoms with E-state index in [0.29, 0.717) is 12.2 Å². The third-order valence-corrected chi connectivity index (χ3v) is 2.08. The topological polar surface area (TPSA) is 104 Å². The number of hydrogen-bond donors (Lipinski definition) is 3. The maximum absolute atomic E-state index is 11.3. The van der Waals surface area contributed by atoms with Crippen molar-refractivity contribution in [2.45, 2.75) is 19.4 Å². The van der Waals surface area contributed by atoms with Crippen molar-refractivity contribution in [2.75, 3.05) is 19.0 Å². The third-order valence-electron chi connectivity index (χ3n) is 2.08. The molecule has 94 valence electrons. The first-order valence-electron chi connectivity index (χ1n) is 5.15. The van der Waals surface area contributed by atoms with Gasteiger partial charge in [0.15, 0.2) is 0 Å². The van der Waals surface area contributed by atoms with Crippen LogP contribution in [0.2, 0.25) is 0 Å². The maximum Gasteiger partial charge on any atom is 0.328 e. The zero-order chi connectivity index (χ0) is 12.8. The summed E-state index contributed by atoms with van der Waals surface area (Å²) in [7, 11) is 1.40. The Morgan fingerprint density at radius 2 is 2.41 bits per heavy atom. The summed E-state index contributed by atoms with van der Waals surface area (Å²) >= 11 is 0. The van der Waals surface area contributed by atoms with Crippen LogP contribution in [0.15, 0.2) is 10.9 Å². The lowest BCUT2D eigenvalue weighted by Gasteiger charge is -2.14. The Balaban J connectivity index is 2.88. The van der Waals surface area contributed by atoms with Crippen molar-refractivity contribution >= 4 is 11.8 Å². The number of nitrogens with zero attached hydrogens (tertiary/aromatic N) is 1. The van der Waals surface area contributed by atoms with Crippen LogP contribution in [0.3, 0.4) is 0 Å². The van der Waals surface area contributed by atoms with Crippen LogP contribution in [0.4, 0.5) is 5.82 Å². The molecule has 0 saturated carbocycles. The van der Waals surface area contributed by atoms with Gasteiger partial charge >= 0.3 is 5.97 Å². The highest BCUT2D eigenvalue weighted by molar-refractivity contribution is 5.76. The fraction of sp³-hybridized carbons (Fsp3) is 0.500. The molecule has 17 heavy (non-hydrogen) atoms. The molecule has 0 aliphatic rings. The number of H-pyrrole nitrogens is 1. The summed E-state index contributed by atoms with van der Waals surface area (Å²) in [4.78, 5) is 28.8. The van der Waals surface area contributed by atoms with E-state index in [2.05, 4.69) is 15.3 Å². The van der Waals surface area contributed by atoms with E-state index < -0.39 is 12.0 Å². The molecule has 0 spiro atoms. The van der Waals surface area contributed by atoms with Crippen molar-refractivity contribution in [3.63, 3.8) is 0 Å². The number of aromatic nitrogens is 2. The predicted molar refractivity (Wildman–Crippen MR) is 61.2 cm³/mol. The Hall–Kier alpha value is -1.89. The highest BCUT2D eigenvalue weighted by Crippen LogP contribution is 2.03. The molecular weight excluding hydrogens is 226 g/mol. The quantitative estimate of drug-likeness (QED) is 0.639. The molecule has 0 fully saturated rings. The molecular formula is C10H15N3O4. The third kappa shape index (κ3) is 3.87. The molecule has 0 aliphatic heterocycles. The molecule has 0 aliphatic carbocycles. The molecule has 3 N–H and O–H groups in total. The van der Waals surface area contributed by atoms with Gasteiger partial charge in [0.2, 0.25) is 0 Å². The van der Waals surface area contributed by atoms with Gasteiger partial charge in [-0.3, -0.25) is 4.79 Å². The number of aromatic amines is 1. The highest BCUT2D eigenvalue weighted by Gasteiger charge is 2.17. The lowest BCUT2D eigenvalue weighted by molar-refractivity contribution is -0.139. The van der Waals surface area contributed by atoms with E-state index in [0.717, 1.165) is 0 Å². The van der Waals surface area contributed by atoms with Crippen molar-refractivity contribution in [2.24, 2.45) is 0 Å². The minimum atomic E-state index is -1.06. The summed E-state index contributed by atoms with van der Waals surface area (Å²) in [6.07, 6.45) is 0.562. The average molecular weight is 241 g/mol. The van der Waals surface area contributed by atoms with Gasteiger partial charge in [-0.05, 0) is 0 Å². The molecule has 1 atom stereocenters. The predicted octanol–water partition coefficient (Wildman–Crippen LogP) is -0.156. The summed E-state index contributed by atoms with van der Waals surface area (Å²) in [5.74, 6) is -0.330. The van der Waals surface area contributed by atoms with E-state index in [1.807, 2.05) is 6.92 Å². The van der Waals surface area contributed by atoms with Gasteiger partial charge in [-0.2, -0.15) is 0 Å². The van der Waals surface area contributed by atoms with Gasteiger partial charge in [-0.25, -0.2) is 9.78 Å². The monoisotopic (exact) mass is 241 g/mol. The standard InChI is InChI=1S/C10H15N3O4/c1-3-7-12-8(4-9(14)13-7)11-6(5-17-2)10(15)16/h4,6H,3,5H2,1-2H3,(H,15,16)(H2,11,12,13,14). The molecule has 1 aromatic rings. The molecule has 0 aromatic carbocycles. The maximum atomic E-state index is 11.3. The minimum absolute atomic E-state index is 0.00866. The first-order chi connectivity index (χ1) is 8.06. The summed E-state index contributed by atoms with van der Waals surface area (Å²) in [6, 6.07) is 0.282. The van der Waals surface area contributed by atoms with E-state index >= 15 is 0 Å². The first-order valence-corrected chi connectivity index (χ1v) is 5.15. The van der Waals surface area contributed by atoms with Crippen LogP contribution < -0.4 is 10.9 Å². The number of carbonyl (C=O) groups is 1. The number of hydrogen-bond acceptors (Lipinski definition) is 5. The second-order valence-corrected chi connectivity index (χ2v) is 3.42. The number of anilines is 1. The van der Waals surface area contributed by atoms with E-state index in [1.54, 1.807) is 0 Å². The summed E-state index contributed by atoms with van der Waals surface area (Å²) in [5.41, 5.74) is -0.319. The van der Waals surface area contributed by atoms with Crippen LogP contribution in [0.1, 0.15) is 12.7 Å². The Kier molecular flexibility index (Phi) is 4.65. The number of carboxylic acid groups (broad SMARTS) is 1. The van der Waals surface area contributed by atoms with Gasteiger partial charge in [-0.15, -0.1) is 0 Å². The Morgan fingerprint density at radius 3 is 2.94 bits per heavy atom. The smallest absolute Gasteiger partial charge is 0.328 e. The Bertz CT molecular complexity index is 443. The minimum Gasteiger partial charge on any atom is -0.480 e. The van der Waals surface area contributed by atoms with Crippen LogP contribution in [-0.2, 0) is 16.0 Å². The lowest BCUT2D eigenvalue weighted by Crippen LogP contribution is -2.34. The van der Waals surface area contributed by atoms with Crippen molar-refractivity contribution in [1.29, 1.82) is 0 Å². The fourth-order valence-electron chi connectivity index (χ4n) is 1.27.